The number of carbonyl (C=O) groups is 1. The summed E-state index contributed by atoms with van der Waals surface area (Å²) in [6, 6.07) is 10.5. The topological polar surface area (TPSA) is 71.5 Å². The Bertz CT molecular complexity index is 584. The quantitative estimate of drug-likeness (QED) is 0.861. The minimum absolute atomic E-state index is 0.229. The molecule has 5 nitrogen and oxygen atoms in total. The molecule has 98 valence electrons. The van der Waals surface area contributed by atoms with Gasteiger partial charge in [0.2, 0.25) is 0 Å². The first kappa shape index (κ1) is 12.9. The van der Waals surface area contributed by atoms with Crippen LogP contribution in [0.5, 0.6) is 5.75 Å². The number of rotatable bonds is 5. The largest absolute Gasteiger partial charge is 0.495 e. The number of anilines is 1. The van der Waals surface area contributed by atoms with Gasteiger partial charge in [0, 0.05) is 6.20 Å². The fourth-order valence-corrected chi connectivity index (χ4v) is 1.68. The molecule has 2 rings (SSSR count). The van der Waals surface area contributed by atoms with Crippen molar-refractivity contribution in [3.8, 4) is 5.75 Å². The van der Waals surface area contributed by atoms with E-state index in [-0.39, 0.29) is 5.56 Å². The van der Waals surface area contributed by atoms with Gasteiger partial charge in [-0.25, -0.2) is 4.79 Å². The molecule has 0 radical (unpaired) electrons. The Kier molecular flexibility index (Phi) is 3.97. The molecule has 0 aliphatic heterocycles. The SMILES string of the molecule is COc1ccccc1NCc1cc(C(=O)O)ccn1. The molecule has 0 saturated heterocycles. The zero-order valence-electron chi connectivity index (χ0n) is 10.5. The Hall–Kier alpha value is -2.56. The second-order valence-corrected chi connectivity index (χ2v) is 3.89. The summed E-state index contributed by atoms with van der Waals surface area (Å²) >= 11 is 0. The van der Waals surface area contributed by atoms with Crippen LogP contribution >= 0.6 is 0 Å². The number of nitrogens with one attached hydrogen (secondary N) is 1. The molecule has 0 bridgehead atoms. The number of methoxy groups -OCH3 is 1. The number of nitrogens with zero attached hydrogens (tertiary/aromatic N) is 1. The summed E-state index contributed by atoms with van der Waals surface area (Å²) in [5.41, 5.74) is 1.73. The lowest BCUT2D eigenvalue weighted by Gasteiger charge is -2.10. The predicted octanol–water partition coefficient (Wildman–Crippen LogP) is 2.40. The third-order valence-electron chi connectivity index (χ3n) is 2.63. The van der Waals surface area contributed by atoms with Crippen molar-refractivity contribution in [2.24, 2.45) is 0 Å². The van der Waals surface area contributed by atoms with Crippen molar-refractivity contribution >= 4 is 11.7 Å². The normalized spacial score (nSPS) is 9.95. The van der Waals surface area contributed by atoms with Gasteiger partial charge in [0.25, 0.3) is 0 Å². The average Bonchev–Trinajstić information content (AvgIpc) is 2.45. The van der Waals surface area contributed by atoms with Gasteiger partial charge in [0.05, 0.1) is 30.6 Å². The van der Waals surface area contributed by atoms with Crippen LogP contribution in [0.15, 0.2) is 42.6 Å². The van der Waals surface area contributed by atoms with Gasteiger partial charge in [-0.3, -0.25) is 4.98 Å². The molecule has 0 unspecified atom stereocenters. The Balaban J connectivity index is 2.10. The van der Waals surface area contributed by atoms with Gasteiger partial charge in [-0.05, 0) is 24.3 Å². The molecular weight excluding hydrogens is 244 g/mol. The van der Waals surface area contributed by atoms with E-state index >= 15 is 0 Å². The second kappa shape index (κ2) is 5.86. The highest BCUT2D eigenvalue weighted by molar-refractivity contribution is 5.87. The van der Waals surface area contributed by atoms with Gasteiger partial charge >= 0.3 is 5.97 Å². The maximum absolute atomic E-state index is 10.9. The highest BCUT2D eigenvalue weighted by Gasteiger charge is 2.05. The van der Waals surface area contributed by atoms with Crippen LogP contribution in [0.2, 0.25) is 0 Å². The van der Waals surface area contributed by atoms with Crippen molar-refractivity contribution in [2.45, 2.75) is 6.54 Å². The van der Waals surface area contributed by atoms with Crippen LogP contribution in [0.1, 0.15) is 16.1 Å². The number of hydrogen-bond acceptors (Lipinski definition) is 4. The van der Waals surface area contributed by atoms with Gasteiger partial charge in [0.15, 0.2) is 0 Å². The van der Waals surface area contributed by atoms with Crippen molar-refractivity contribution in [3.63, 3.8) is 0 Å². The first-order chi connectivity index (χ1) is 9.20. The number of carboxylic acids is 1. The summed E-state index contributed by atoms with van der Waals surface area (Å²) in [6.07, 6.45) is 1.49. The van der Waals surface area contributed by atoms with Crippen molar-refractivity contribution in [1.29, 1.82) is 0 Å². The number of aromatic carboxylic acids is 1. The lowest BCUT2D eigenvalue weighted by molar-refractivity contribution is 0.0696. The molecular formula is C14H14N2O3. The fraction of sp³-hybridized carbons (Fsp3) is 0.143. The number of pyridine rings is 1. The summed E-state index contributed by atoms with van der Waals surface area (Å²) in [5.74, 6) is -0.224. The number of para-hydroxylation sites is 2. The molecule has 0 fully saturated rings. The van der Waals surface area contributed by atoms with Crippen LogP contribution in [0.4, 0.5) is 5.69 Å². The van der Waals surface area contributed by atoms with E-state index in [9.17, 15) is 4.79 Å². The minimum atomic E-state index is -0.957. The number of benzene rings is 1. The summed E-state index contributed by atoms with van der Waals surface area (Å²) in [7, 11) is 1.60. The number of hydrogen-bond donors (Lipinski definition) is 2. The third kappa shape index (κ3) is 3.22. The van der Waals surface area contributed by atoms with Gasteiger partial charge in [-0.1, -0.05) is 12.1 Å². The van der Waals surface area contributed by atoms with Crippen LogP contribution in [0.3, 0.4) is 0 Å². The van der Waals surface area contributed by atoms with Gasteiger partial charge in [-0.15, -0.1) is 0 Å². The summed E-state index contributed by atoms with van der Waals surface area (Å²) < 4.78 is 5.22. The van der Waals surface area contributed by atoms with Gasteiger partial charge < -0.3 is 15.2 Å². The minimum Gasteiger partial charge on any atom is -0.495 e. The number of aromatic nitrogens is 1. The van der Waals surface area contributed by atoms with E-state index in [0.717, 1.165) is 11.4 Å². The van der Waals surface area contributed by atoms with E-state index < -0.39 is 5.97 Å². The Morgan fingerprint density at radius 2 is 2.16 bits per heavy atom. The van der Waals surface area contributed by atoms with E-state index in [1.807, 2.05) is 24.3 Å². The van der Waals surface area contributed by atoms with Gasteiger partial charge in [0.1, 0.15) is 5.75 Å². The van der Waals surface area contributed by atoms with Crippen LogP contribution in [0, 0.1) is 0 Å². The Morgan fingerprint density at radius 3 is 2.89 bits per heavy atom. The molecule has 0 atom stereocenters. The molecule has 1 heterocycles. The Morgan fingerprint density at radius 1 is 1.37 bits per heavy atom. The molecule has 0 spiro atoms. The second-order valence-electron chi connectivity index (χ2n) is 3.89. The van der Waals surface area contributed by atoms with E-state index in [1.54, 1.807) is 13.2 Å². The highest BCUT2D eigenvalue weighted by Crippen LogP contribution is 2.23. The molecule has 1 aromatic carbocycles. The number of carboxylic acid groups (broad SMARTS) is 1. The molecule has 0 saturated carbocycles. The Labute approximate surface area is 110 Å². The summed E-state index contributed by atoms with van der Waals surface area (Å²) in [6.45, 7) is 0.432. The van der Waals surface area contributed by atoms with Crippen LogP contribution < -0.4 is 10.1 Å². The van der Waals surface area contributed by atoms with Crippen molar-refractivity contribution in [3.05, 3.63) is 53.9 Å². The molecule has 0 aliphatic rings. The smallest absolute Gasteiger partial charge is 0.335 e. The zero-order chi connectivity index (χ0) is 13.7. The third-order valence-corrected chi connectivity index (χ3v) is 2.63. The van der Waals surface area contributed by atoms with Gasteiger partial charge in [-0.2, -0.15) is 0 Å². The number of ether oxygens (including phenoxy) is 1. The lowest BCUT2D eigenvalue weighted by atomic mass is 10.2. The summed E-state index contributed by atoms with van der Waals surface area (Å²) in [4.78, 5) is 15.0. The van der Waals surface area contributed by atoms with Crippen molar-refractivity contribution < 1.29 is 14.6 Å². The van der Waals surface area contributed by atoms with Crippen LogP contribution in [-0.4, -0.2) is 23.2 Å². The first-order valence-electron chi connectivity index (χ1n) is 5.76. The highest BCUT2D eigenvalue weighted by atomic mass is 16.5. The standard InChI is InChI=1S/C14H14N2O3/c1-19-13-5-3-2-4-12(13)16-9-11-8-10(14(17)18)6-7-15-11/h2-8,16H,9H2,1H3,(H,17,18). The molecule has 2 aromatic rings. The van der Waals surface area contributed by atoms with Crippen LogP contribution in [-0.2, 0) is 6.54 Å². The maximum atomic E-state index is 10.9. The first-order valence-corrected chi connectivity index (χ1v) is 5.76. The fourth-order valence-electron chi connectivity index (χ4n) is 1.68. The molecule has 19 heavy (non-hydrogen) atoms. The predicted molar refractivity (Wildman–Crippen MR) is 71.5 cm³/mol. The van der Waals surface area contributed by atoms with E-state index in [0.29, 0.717) is 12.2 Å². The van der Waals surface area contributed by atoms with E-state index in [4.69, 9.17) is 9.84 Å². The molecule has 2 N–H and O–H groups in total. The van der Waals surface area contributed by atoms with Crippen molar-refractivity contribution in [1.82, 2.24) is 4.98 Å². The average molecular weight is 258 g/mol. The van der Waals surface area contributed by atoms with Crippen molar-refractivity contribution in [2.75, 3.05) is 12.4 Å². The zero-order valence-corrected chi connectivity index (χ0v) is 10.5. The molecule has 0 aliphatic carbocycles. The molecule has 5 heteroatoms. The molecule has 0 amide bonds. The van der Waals surface area contributed by atoms with Crippen LogP contribution in [0.25, 0.3) is 0 Å². The molecule has 1 aromatic heterocycles. The monoisotopic (exact) mass is 258 g/mol. The van der Waals surface area contributed by atoms with E-state index in [1.165, 1.54) is 12.3 Å². The van der Waals surface area contributed by atoms with E-state index in [2.05, 4.69) is 10.3 Å². The summed E-state index contributed by atoms with van der Waals surface area (Å²) in [5, 5.41) is 12.1. The lowest BCUT2D eigenvalue weighted by Crippen LogP contribution is -2.05. The maximum Gasteiger partial charge on any atom is 0.335 e.